The van der Waals surface area contributed by atoms with Crippen molar-refractivity contribution in [1.82, 2.24) is 0 Å². The molecule has 0 unspecified atom stereocenters. The summed E-state index contributed by atoms with van der Waals surface area (Å²) in [6.07, 6.45) is 2.52. The lowest BCUT2D eigenvalue weighted by molar-refractivity contribution is -0.261. The number of carbonyl (C=O) groups is 1. The first-order valence-corrected chi connectivity index (χ1v) is 10.2. The van der Waals surface area contributed by atoms with E-state index in [2.05, 4.69) is 0 Å². The van der Waals surface area contributed by atoms with Gasteiger partial charge in [-0.3, -0.25) is 4.79 Å². The maximum absolute atomic E-state index is 14.0. The normalized spacial score (nSPS) is 26.5. The van der Waals surface area contributed by atoms with Gasteiger partial charge >= 0.3 is 0 Å². The Kier molecular flexibility index (Phi) is 4.36. The molecule has 2 atom stereocenters. The van der Waals surface area contributed by atoms with Gasteiger partial charge in [0.1, 0.15) is 5.75 Å². The highest BCUT2D eigenvalue weighted by molar-refractivity contribution is 6.32. The zero-order valence-electron chi connectivity index (χ0n) is 16.9. The van der Waals surface area contributed by atoms with Gasteiger partial charge < -0.3 is 23.7 Å². The smallest absolute Gasteiger partial charge is 0.278 e. The maximum atomic E-state index is 14.0. The van der Waals surface area contributed by atoms with Crippen LogP contribution in [0.15, 0.2) is 42.0 Å². The molecule has 6 nitrogen and oxygen atoms in total. The second-order valence-electron chi connectivity index (χ2n) is 7.49. The minimum Gasteiger partial charge on any atom is -0.454 e. The van der Waals surface area contributed by atoms with Gasteiger partial charge in [-0.1, -0.05) is 24.6 Å². The molecule has 0 saturated carbocycles. The van der Waals surface area contributed by atoms with Crippen LogP contribution in [0.3, 0.4) is 0 Å². The van der Waals surface area contributed by atoms with E-state index >= 15 is 0 Å². The lowest BCUT2D eigenvalue weighted by Crippen LogP contribution is -2.64. The Morgan fingerprint density at radius 3 is 2.70 bits per heavy atom. The molecular weight excluding hydrogens is 408 g/mol. The fourth-order valence-corrected chi connectivity index (χ4v) is 4.73. The van der Waals surface area contributed by atoms with Crippen molar-refractivity contribution in [2.24, 2.45) is 0 Å². The van der Waals surface area contributed by atoms with Crippen LogP contribution >= 0.6 is 11.6 Å². The number of methoxy groups -OCH3 is 1. The van der Waals surface area contributed by atoms with Crippen molar-refractivity contribution in [3.63, 3.8) is 0 Å². The molecule has 30 heavy (non-hydrogen) atoms. The van der Waals surface area contributed by atoms with Gasteiger partial charge in [-0.2, -0.15) is 0 Å². The first-order chi connectivity index (χ1) is 14.5. The molecule has 0 bridgehead atoms. The topological polar surface area (TPSA) is 63.2 Å². The predicted octanol–water partition coefficient (Wildman–Crippen LogP) is 4.56. The highest BCUT2D eigenvalue weighted by Gasteiger charge is 2.68. The predicted molar refractivity (Wildman–Crippen MR) is 109 cm³/mol. The molecule has 0 aromatic heterocycles. The number of ether oxygens (including phenoxy) is 5. The summed E-state index contributed by atoms with van der Waals surface area (Å²) >= 11 is 6.34. The fourth-order valence-electron chi connectivity index (χ4n) is 4.56. The number of Topliss-reactive ketones (excluding diaryl/α,β-unsaturated/α-hetero) is 1. The SMILES string of the molecule is CCC1=CCO[C@@]12C(=O)c1cc(Cl)c(C)cc1O[C@@]2(OC)c1ccc2c(c1)OCO2. The summed E-state index contributed by atoms with van der Waals surface area (Å²) in [5, 5.41) is 0.494. The van der Waals surface area contributed by atoms with Crippen molar-refractivity contribution in [2.45, 2.75) is 31.7 Å². The van der Waals surface area contributed by atoms with Crippen molar-refractivity contribution in [2.75, 3.05) is 20.5 Å². The van der Waals surface area contributed by atoms with Crippen LogP contribution in [0.5, 0.6) is 17.2 Å². The quantitative estimate of drug-likeness (QED) is 0.668. The van der Waals surface area contributed by atoms with E-state index in [4.69, 9.17) is 35.3 Å². The molecule has 0 aliphatic carbocycles. The molecule has 2 aromatic carbocycles. The van der Waals surface area contributed by atoms with Crippen molar-refractivity contribution >= 4 is 17.4 Å². The summed E-state index contributed by atoms with van der Waals surface area (Å²) in [6.45, 7) is 4.26. The van der Waals surface area contributed by atoms with Crippen LogP contribution in [0, 0.1) is 6.92 Å². The highest BCUT2D eigenvalue weighted by atomic mass is 35.5. The van der Waals surface area contributed by atoms with E-state index in [-0.39, 0.29) is 19.2 Å². The van der Waals surface area contributed by atoms with Crippen molar-refractivity contribution in [1.29, 1.82) is 0 Å². The Balaban J connectivity index is 1.80. The molecule has 156 valence electrons. The van der Waals surface area contributed by atoms with Crippen molar-refractivity contribution in [3.05, 3.63) is 63.7 Å². The molecule has 7 heteroatoms. The van der Waals surface area contributed by atoms with E-state index in [9.17, 15) is 4.79 Å². The van der Waals surface area contributed by atoms with E-state index in [1.807, 2.05) is 26.0 Å². The molecule has 0 radical (unpaired) electrons. The molecule has 2 aromatic rings. The van der Waals surface area contributed by atoms with Gasteiger partial charge in [0.05, 0.1) is 12.2 Å². The molecule has 3 aliphatic rings. The molecule has 1 spiro atoms. The average Bonchev–Trinajstić information content (AvgIpc) is 3.39. The molecular formula is C23H21ClO6. The van der Waals surface area contributed by atoms with E-state index in [1.54, 1.807) is 24.3 Å². The first-order valence-electron chi connectivity index (χ1n) is 9.79. The highest BCUT2D eigenvalue weighted by Crippen LogP contribution is 2.55. The monoisotopic (exact) mass is 428 g/mol. The summed E-state index contributed by atoms with van der Waals surface area (Å²) in [4.78, 5) is 14.0. The van der Waals surface area contributed by atoms with E-state index in [1.165, 1.54) is 7.11 Å². The zero-order chi connectivity index (χ0) is 21.1. The van der Waals surface area contributed by atoms with Crippen LogP contribution < -0.4 is 14.2 Å². The maximum Gasteiger partial charge on any atom is 0.278 e. The Morgan fingerprint density at radius 1 is 1.13 bits per heavy atom. The lowest BCUT2D eigenvalue weighted by atomic mass is 9.73. The number of hydrogen-bond donors (Lipinski definition) is 0. The third kappa shape index (κ3) is 2.35. The summed E-state index contributed by atoms with van der Waals surface area (Å²) in [5.41, 5.74) is 1.10. The third-order valence-corrected chi connectivity index (χ3v) is 6.45. The summed E-state index contributed by atoms with van der Waals surface area (Å²) in [5.74, 6) is -0.193. The molecule has 0 saturated heterocycles. The van der Waals surface area contributed by atoms with E-state index in [0.717, 1.165) is 11.1 Å². The van der Waals surface area contributed by atoms with Crippen LogP contribution in [-0.2, 0) is 15.3 Å². The van der Waals surface area contributed by atoms with E-state index < -0.39 is 11.4 Å². The summed E-state index contributed by atoms with van der Waals surface area (Å²) in [7, 11) is 1.52. The number of halogens is 1. The lowest BCUT2D eigenvalue weighted by Gasteiger charge is -2.49. The van der Waals surface area contributed by atoms with Gasteiger partial charge in [0.25, 0.3) is 5.79 Å². The van der Waals surface area contributed by atoms with Crippen LogP contribution in [0.2, 0.25) is 5.02 Å². The van der Waals surface area contributed by atoms with Gasteiger partial charge in [0.15, 0.2) is 11.5 Å². The van der Waals surface area contributed by atoms with Gasteiger partial charge in [0, 0.05) is 17.7 Å². The Bertz CT molecular complexity index is 1090. The molecule has 0 N–H and O–H groups in total. The van der Waals surface area contributed by atoms with Gasteiger partial charge in [-0.05, 0) is 54.8 Å². The van der Waals surface area contributed by atoms with Crippen LogP contribution in [-0.4, -0.2) is 31.9 Å². The van der Waals surface area contributed by atoms with E-state index in [0.29, 0.717) is 39.8 Å². The zero-order valence-corrected chi connectivity index (χ0v) is 17.7. The fraction of sp³-hybridized carbons (Fsp3) is 0.348. The van der Waals surface area contributed by atoms with Crippen LogP contribution in [0.1, 0.15) is 34.8 Å². The Hall–Kier alpha value is -2.54. The summed E-state index contributed by atoms with van der Waals surface area (Å²) < 4.78 is 29.8. The molecule has 3 heterocycles. The van der Waals surface area contributed by atoms with Gasteiger partial charge in [-0.15, -0.1) is 0 Å². The minimum atomic E-state index is -1.54. The Morgan fingerprint density at radius 2 is 1.93 bits per heavy atom. The van der Waals surface area contributed by atoms with Crippen molar-refractivity contribution < 1.29 is 28.5 Å². The van der Waals surface area contributed by atoms with Gasteiger partial charge in [-0.25, -0.2) is 0 Å². The number of aryl methyl sites for hydroxylation is 1. The number of rotatable bonds is 3. The van der Waals surface area contributed by atoms with Crippen LogP contribution in [0.25, 0.3) is 0 Å². The van der Waals surface area contributed by atoms with Gasteiger partial charge in [0.2, 0.25) is 18.2 Å². The molecule has 0 amide bonds. The largest absolute Gasteiger partial charge is 0.454 e. The Labute approximate surface area is 179 Å². The number of ketones is 1. The molecule has 3 aliphatic heterocycles. The number of benzene rings is 2. The first kappa shape index (κ1) is 19.4. The number of hydrogen-bond acceptors (Lipinski definition) is 6. The van der Waals surface area contributed by atoms with Crippen molar-refractivity contribution in [3.8, 4) is 17.2 Å². The number of carbonyl (C=O) groups excluding carboxylic acids is 1. The third-order valence-electron chi connectivity index (χ3n) is 6.05. The molecule has 5 rings (SSSR count). The second-order valence-corrected chi connectivity index (χ2v) is 7.90. The average molecular weight is 429 g/mol. The molecule has 0 fully saturated rings. The second kappa shape index (κ2) is 6.74. The van der Waals surface area contributed by atoms with Crippen LogP contribution in [0.4, 0.5) is 0 Å². The standard InChI is InChI=1S/C23H21ClO6/c1-4-14-7-8-29-22(14)21(25)16-11-17(24)13(2)9-19(16)30-23(22,26-3)15-5-6-18-20(10-15)28-12-27-18/h5-7,9-11H,4,8,12H2,1-3H3/t22-,23+/m1/s1. The number of fused-ring (bicyclic) bond motifs is 2. The summed E-state index contributed by atoms with van der Waals surface area (Å²) in [6, 6.07) is 8.78. The minimum absolute atomic E-state index is 0.140.